The minimum Gasteiger partial charge on any atom is -0.466 e. The van der Waals surface area contributed by atoms with Gasteiger partial charge in [-0.3, -0.25) is 4.79 Å². The fourth-order valence-corrected chi connectivity index (χ4v) is 12.8. The van der Waals surface area contributed by atoms with Crippen molar-refractivity contribution in [3.05, 3.63) is 63.7 Å². The maximum absolute atomic E-state index is 14.2. The Balaban J connectivity index is 1.63. The molecule has 3 heterocycles. The van der Waals surface area contributed by atoms with Gasteiger partial charge in [-0.15, -0.1) is 46.4 Å². The summed E-state index contributed by atoms with van der Waals surface area (Å²) in [5.74, 6) is -2.09. The van der Waals surface area contributed by atoms with E-state index in [1.54, 1.807) is 6.92 Å². The van der Waals surface area contributed by atoms with E-state index in [0.29, 0.717) is 57.4 Å². The highest BCUT2D eigenvalue weighted by atomic mass is 35.5. The number of alkyl halides is 4. The highest BCUT2D eigenvalue weighted by molar-refractivity contribution is 7.89. The molecular formula is C45H60Cl4N3O10S+. The van der Waals surface area contributed by atoms with Crippen molar-refractivity contribution >= 4 is 84.8 Å². The van der Waals surface area contributed by atoms with E-state index in [-0.39, 0.29) is 12.1 Å². The second kappa shape index (κ2) is 18.7. The number of rotatable bonds is 14. The van der Waals surface area contributed by atoms with Gasteiger partial charge in [0.1, 0.15) is 36.4 Å². The molecule has 2 aromatic rings. The van der Waals surface area contributed by atoms with Gasteiger partial charge in [-0.2, -0.15) is 0 Å². The van der Waals surface area contributed by atoms with Crippen LogP contribution in [0.3, 0.4) is 0 Å². The quantitative estimate of drug-likeness (QED) is 0.106. The van der Waals surface area contributed by atoms with Gasteiger partial charge in [0.05, 0.1) is 69.7 Å². The van der Waals surface area contributed by atoms with Crippen LogP contribution in [0.25, 0.3) is 16.7 Å². The van der Waals surface area contributed by atoms with Gasteiger partial charge < -0.3 is 39.9 Å². The Labute approximate surface area is 389 Å². The van der Waals surface area contributed by atoms with Crippen molar-refractivity contribution in [2.75, 3.05) is 50.5 Å². The maximum Gasteiger partial charge on any atom is 0.311 e. The number of carbonyl (C=O) groups is 1. The Hall–Kier alpha value is -2.47. The van der Waals surface area contributed by atoms with E-state index < -0.39 is 98.2 Å². The van der Waals surface area contributed by atoms with Crippen molar-refractivity contribution in [1.82, 2.24) is 8.88 Å². The van der Waals surface area contributed by atoms with Crippen molar-refractivity contribution in [3.8, 4) is 11.5 Å². The summed E-state index contributed by atoms with van der Waals surface area (Å²) in [6, 6.07) is 7.81. The first-order valence-corrected chi connectivity index (χ1v) is 24.6. The number of hydrogen-bond donors (Lipinski definition) is 5. The summed E-state index contributed by atoms with van der Waals surface area (Å²) < 4.78 is 44.0. The molecule has 3 aliphatic heterocycles. The third-order valence-electron chi connectivity index (χ3n) is 12.9. The van der Waals surface area contributed by atoms with E-state index in [2.05, 4.69) is 43.2 Å². The van der Waals surface area contributed by atoms with Gasteiger partial charge >= 0.3 is 5.97 Å². The van der Waals surface area contributed by atoms with Crippen LogP contribution in [0.5, 0.6) is 11.5 Å². The third-order valence-corrected chi connectivity index (χ3v) is 17.3. The van der Waals surface area contributed by atoms with Crippen LogP contribution in [0.15, 0.2) is 36.4 Å². The number of sulfonamides is 1. The Bertz CT molecular complexity index is 2430. The molecule has 1 fully saturated rings. The number of esters is 1. The number of ether oxygens (including phenoxy) is 2. The molecule has 0 bridgehead atoms. The third kappa shape index (κ3) is 9.05. The van der Waals surface area contributed by atoms with Gasteiger partial charge in [-0.1, -0.05) is 6.08 Å². The minimum atomic E-state index is -4.25. The lowest BCUT2D eigenvalue weighted by Crippen LogP contribution is -2.54. The summed E-state index contributed by atoms with van der Waals surface area (Å²) in [6.07, 6.45) is -3.37. The topological polar surface area (TPSA) is 180 Å². The van der Waals surface area contributed by atoms with Gasteiger partial charge in [0, 0.05) is 68.0 Å². The van der Waals surface area contributed by atoms with E-state index in [0.717, 1.165) is 21.1 Å². The average molecular weight is 977 g/mol. The smallest absolute Gasteiger partial charge is 0.311 e. The van der Waals surface area contributed by atoms with E-state index in [4.69, 9.17) is 55.9 Å². The summed E-state index contributed by atoms with van der Waals surface area (Å²) in [6.45, 7) is 15.9. The number of carbonyl (C=O) groups excluding carboxylic acids is 1. The second-order valence-corrected chi connectivity index (χ2v) is 22.0. The van der Waals surface area contributed by atoms with Crippen molar-refractivity contribution in [2.24, 2.45) is 11.8 Å². The molecule has 0 radical (unpaired) electrons. The van der Waals surface area contributed by atoms with Crippen LogP contribution >= 0.6 is 46.4 Å². The summed E-state index contributed by atoms with van der Waals surface area (Å²) >= 11 is 28.4. The molecule has 0 aromatic heterocycles. The van der Waals surface area contributed by atoms with Gasteiger partial charge in [0.2, 0.25) is 15.4 Å². The van der Waals surface area contributed by atoms with E-state index in [1.807, 2.05) is 51.1 Å². The fraction of sp³-hybridized carbons (Fsp3) is 0.600. The first kappa shape index (κ1) is 50.0. The highest BCUT2D eigenvalue weighted by Gasteiger charge is 2.54. The zero-order valence-corrected chi connectivity index (χ0v) is 40.9. The number of hydrogen-bond acceptors (Lipinski definition) is 11. The molecule has 1 aliphatic carbocycles. The van der Waals surface area contributed by atoms with Crippen LogP contribution < -0.4 is 24.8 Å². The van der Waals surface area contributed by atoms with Crippen molar-refractivity contribution in [3.63, 3.8) is 0 Å². The molecule has 13 nitrogen and oxygen atoms in total. The fourth-order valence-electron chi connectivity index (χ4n) is 9.89. The zero-order chi connectivity index (χ0) is 46.8. The number of anilines is 1. The monoisotopic (exact) mass is 974 g/mol. The van der Waals surface area contributed by atoms with Gasteiger partial charge in [-0.25, -0.2) is 17.3 Å². The van der Waals surface area contributed by atoms with E-state index in [1.165, 1.54) is 7.05 Å². The summed E-state index contributed by atoms with van der Waals surface area (Å²) in [5.41, 5.74) is 4.19. The lowest BCUT2D eigenvalue weighted by Gasteiger charge is -2.45. The number of benzene rings is 2. The molecule has 0 spiro atoms. The number of aliphatic hydroxyl groups excluding tert-OH is 5. The van der Waals surface area contributed by atoms with Crippen molar-refractivity contribution < 1.29 is 48.2 Å². The molecule has 6 rings (SSSR count). The maximum atomic E-state index is 14.2. The number of halogens is 4. The average Bonchev–Trinajstić information content (AvgIpc) is 3.21. The van der Waals surface area contributed by atoms with Crippen LogP contribution in [0.4, 0.5) is 5.69 Å². The molecule has 2 aromatic carbocycles. The van der Waals surface area contributed by atoms with E-state index >= 15 is 0 Å². The first-order valence-electron chi connectivity index (χ1n) is 21.3. The van der Waals surface area contributed by atoms with Crippen LogP contribution in [0.1, 0.15) is 72.1 Å². The first-order chi connectivity index (χ1) is 29.4. The van der Waals surface area contributed by atoms with Gasteiger partial charge in [0.25, 0.3) is 0 Å². The molecule has 1 saturated carbocycles. The second-order valence-electron chi connectivity index (χ2n) is 18.0. The molecule has 0 saturated heterocycles. The SMILES string of the molecule is CCOC(=O)C1C(Cl)C(Cl)C(Cl)C(Cl)C1C1=c2cc3c(cc2Oc2cc4c(cc21)C(C)=CC(C)(C)N4CC)=[N+](CC)C(C)(C)C=C3CS(=O)(=O)N(C)CC(O)C(O)C(O)C(O)CO. The molecule has 10 unspecified atom stereocenters. The number of allylic oxidation sites excluding steroid dienone is 1. The van der Waals surface area contributed by atoms with Crippen LogP contribution in [-0.4, -0.2) is 147 Å². The molecule has 63 heavy (non-hydrogen) atoms. The van der Waals surface area contributed by atoms with Crippen LogP contribution in [0.2, 0.25) is 0 Å². The number of nitrogens with zero attached hydrogens (tertiary/aromatic N) is 3. The van der Waals surface area contributed by atoms with E-state index in [9.17, 15) is 38.7 Å². The predicted octanol–water partition coefficient (Wildman–Crippen LogP) is 3.64. The molecular weight excluding hydrogens is 916 g/mol. The molecule has 10 atom stereocenters. The largest absolute Gasteiger partial charge is 0.466 e. The number of likely N-dealkylation sites (N-methyl/N-ethyl adjacent to an activating group) is 3. The Morgan fingerprint density at radius 1 is 0.889 bits per heavy atom. The highest BCUT2D eigenvalue weighted by Crippen LogP contribution is 2.52. The molecule has 18 heteroatoms. The predicted molar refractivity (Wildman–Crippen MR) is 249 cm³/mol. The summed E-state index contributed by atoms with van der Waals surface area (Å²) in [4.78, 5) is 16.4. The minimum absolute atomic E-state index is 0.0794. The molecule has 5 N–H and O–H groups in total. The lowest BCUT2D eigenvalue weighted by molar-refractivity contribution is -0.149. The Morgan fingerprint density at radius 2 is 1.52 bits per heavy atom. The van der Waals surface area contributed by atoms with Crippen molar-refractivity contribution in [2.45, 2.75) is 112 Å². The van der Waals surface area contributed by atoms with Gasteiger partial charge in [-0.05, 0) is 76.5 Å². The number of fused-ring (bicyclic) bond motifs is 4. The normalized spacial score (nSPS) is 26.9. The number of aliphatic hydroxyl groups is 5. The Kier molecular flexibility index (Phi) is 14.8. The standard InChI is InChI=1S/C45H60Cl4N3O10S/c1-10-51-28-15-32-26(13-24(28)22(4)17-44(51,5)6)34(35-36(43(58)61-12-3)38(47)40(49)39(48)37(35)46)27-14-25-23(18-45(7,8)52(11-2)29(25)16-33(27)62-32)21-63(59,60)50(9)19-30(54)41(56)42(57)31(55)20-53/h13-18,30-31,35-42,53-57H,10-12,19-21H2,1-9H3/q+1. The molecule has 348 valence electrons. The zero-order valence-electron chi connectivity index (χ0n) is 37.0. The van der Waals surface area contributed by atoms with Crippen LogP contribution in [0, 0.1) is 11.8 Å². The molecule has 0 amide bonds. The van der Waals surface area contributed by atoms with Crippen LogP contribution in [-0.2, 0) is 19.6 Å². The molecule has 4 aliphatic rings. The van der Waals surface area contributed by atoms with Crippen molar-refractivity contribution in [1.29, 1.82) is 0 Å². The summed E-state index contributed by atoms with van der Waals surface area (Å²) in [5, 5.41) is 48.0. The van der Waals surface area contributed by atoms with Gasteiger partial charge in [0.15, 0.2) is 5.54 Å². The lowest BCUT2D eigenvalue weighted by atomic mass is 9.70. The Morgan fingerprint density at radius 3 is 2.13 bits per heavy atom. The summed E-state index contributed by atoms with van der Waals surface area (Å²) in [7, 11) is -3.01.